The minimum Gasteiger partial charge on any atom is -0.494 e. The highest BCUT2D eigenvalue weighted by molar-refractivity contribution is 7.92. The number of hydrogen-bond acceptors (Lipinski definition) is 4. The fraction of sp³-hybridized carbons (Fsp3) is 0.316. The Morgan fingerprint density at radius 3 is 2.14 bits per heavy atom. The standard InChI is InChI=1S/C19H22Cl2N2O4S/c1-4-18(19(24)22-15-6-8-17(9-7-15)27-5-2)23(28(3,25)26)16-11-13(20)10-14(21)12-16/h6-12,18H,4-5H2,1-3H3,(H,22,24). The summed E-state index contributed by atoms with van der Waals surface area (Å²) < 4.78 is 31.4. The third-order valence-corrected chi connectivity index (χ3v) is 5.48. The third-order valence-electron chi connectivity index (χ3n) is 3.86. The number of anilines is 2. The fourth-order valence-corrected chi connectivity index (χ4v) is 4.46. The Morgan fingerprint density at radius 2 is 1.68 bits per heavy atom. The molecule has 1 atom stereocenters. The molecule has 0 saturated carbocycles. The highest BCUT2D eigenvalue weighted by Crippen LogP contribution is 2.30. The monoisotopic (exact) mass is 444 g/mol. The molecule has 0 aliphatic rings. The van der Waals surface area contributed by atoms with Crippen molar-refractivity contribution in [3.05, 3.63) is 52.5 Å². The van der Waals surface area contributed by atoms with Crippen molar-refractivity contribution in [2.24, 2.45) is 0 Å². The summed E-state index contributed by atoms with van der Waals surface area (Å²) in [5.41, 5.74) is 0.762. The minimum atomic E-state index is -3.78. The van der Waals surface area contributed by atoms with E-state index in [1.807, 2.05) is 6.92 Å². The highest BCUT2D eigenvalue weighted by atomic mass is 35.5. The first-order valence-corrected chi connectivity index (χ1v) is 11.2. The van der Waals surface area contributed by atoms with Crippen LogP contribution in [-0.4, -0.2) is 33.2 Å². The van der Waals surface area contributed by atoms with Crippen LogP contribution in [0.1, 0.15) is 20.3 Å². The second-order valence-corrected chi connectivity index (χ2v) is 8.79. The van der Waals surface area contributed by atoms with Gasteiger partial charge in [0, 0.05) is 15.7 Å². The van der Waals surface area contributed by atoms with Crippen LogP contribution >= 0.6 is 23.2 Å². The van der Waals surface area contributed by atoms with Crippen LogP contribution in [0.4, 0.5) is 11.4 Å². The van der Waals surface area contributed by atoms with E-state index in [2.05, 4.69) is 5.32 Å². The van der Waals surface area contributed by atoms with Gasteiger partial charge in [-0.3, -0.25) is 9.10 Å². The number of carbonyl (C=O) groups excluding carboxylic acids is 1. The van der Waals surface area contributed by atoms with Crippen LogP contribution in [0.2, 0.25) is 10.0 Å². The predicted octanol–water partition coefficient (Wildman–Crippen LogP) is 4.58. The van der Waals surface area contributed by atoms with Gasteiger partial charge in [-0.15, -0.1) is 0 Å². The average molecular weight is 445 g/mol. The van der Waals surface area contributed by atoms with Gasteiger partial charge in [0.05, 0.1) is 18.6 Å². The van der Waals surface area contributed by atoms with Gasteiger partial charge < -0.3 is 10.1 Å². The van der Waals surface area contributed by atoms with E-state index in [-0.39, 0.29) is 22.2 Å². The van der Waals surface area contributed by atoms with Crippen LogP contribution in [0.25, 0.3) is 0 Å². The maximum absolute atomic E-state index is 12.9. The van der Waals surface area contributed by atoms with Crippen molar-refractivity contribution in [3.63, 3.8) is 0 Å². The minimum absolute atomic E-state index is 0.230. The summed E-state index contributed by atoms with van der Waals surface area (Å²) in [6.07, 6.45) is 1.29. The van der Waals surface area contributed by atoms with E-state index in [9.17, 15) is 13.2 Å². The zero-order valence-corrected chi connectivity index (χ0v) is 18.1. The molecule has 2 aromatic carbocycles. The lowest BCUT2D eigenvalue weighted by Crippen LogP contribution is -2.47. The van der Waals surface area contributed by atoms with E-state index in [4.69, 9.17) is 27.9 Å². The molecule has 0 aliphatic carbocycles. The number of carbonyl (C=O) groups is 1. The molecule has 0 saturated heterocycles. The molecule has 1 N–H and O–H groups in total. The van der Waals surface area contributed by atoms with Gasteiger partial charge in [0.25, 0.3) is 0 Å². The van der Waals surface area contributed by atoms with Gasteiger partial charge in [0.1, 0.15) is 11.8 Å². The number of benzene rings is 2. The van der Waals surface area contributed by atoms with E-state index in [1.54, 1.807) is 31.2 Å². The molecule has 0 spiro atoms. The summed E-state index contributed by atoms with van der Waals surface area (Å²) in [6.45, 7) is 4.14. The molecule has 0 radical (unpaired) electrons. The molecule has 28 heavy (non-hydrogen) atoms. The maximum Gasteiger partial charge on any atom is 0.248 e. The van der Waals surface area contributed by atoms with Crippen molar-refractivity contribution in [1.29, 1.82) is 0 Å². The normalized spacial score (nSPS) is 12.3. The van der Waals surface area contributed by atoms with Gasteiger partial charge in [0.2, 0.25) is 15.9 Å². The van der Waals surface area contributed by atoms with Gasteiger partial charge in [0.15, 0.2) is 0 Å². The number of sulfonamides is 1. The van der Waals surface area contributed by atoms with Gasteiger partial charge >= 0.3 is 0 Å². The molecule has 0 aliphatic heterocycles. The van der Waals surface area contributed by atoms with E-state index in [0.29, 0.717) is 18.0 Å². The third kappa shape index (κ3) is 5.77. The summed E-state index contributed by atoms with van der Waals surface area (Å²) >= 11 is 12.0. The van der Waals surface area contributed by atoms with Crippen LogP contribution < -0.4 is 14.4 Å². The van der Waals surface area contributed by atoms with Crippen molar-refractivity contribution in [1.82, 2.24) is 0 Å². The van der Waals surface area contributed by atoms with Crippen molar-refractivity contribution < 1.29 is 17.9 Å². The van der Waals surface area contributed by atoms with E-state index in [0.717, 1.165) is 10.6 Å². The summed E-state index contributed by atoms with van der Waals surface area (Å²) in [6, 6.07) is 10.3. The number of amides is 1. The van der Waals surface area contributed by atoms with E-state index in [1.165, 1.54) is 18.2 Å². The lowest BCUT2D eigenvalue weighted by atomic mass is 10.1. The molecular weight excluding hydrogens is 423 g/mol. The summed E-state index contributed by atoms with van der Waals surface area (Å²) in [5, 5.41) is 3.30. The Bertz CT molecular complexity index is 913. The molecule has 2 aromatic rings. The topological polar surface area (TPSA) is 75.7 Å². The van der Waals surface area contributed by atoms with Gasteiger partial charge in [-0.2, -0.15) is 0 Å². The highest BCUT2D eigenvalue weighted by Gasteiger charge is 2.32. The Hall–Kier alpha value is -1.96. The van der Waals surface area contributed by atoms with Crippen LogP contribution in [0, 0.1) is 0 Å². The number of nitrogens with one attached hydrogen (secondary N) is 1. The van der Waals surface area contributed by atoms with Crippen molar-refractivity contribution in [2.45, 2.75) is 26.3 Å². The molecule has 1 unspecified atom stereocenters. The molecule has 6 nitrogen and oxygen atoms in total. The zero-order chi connectivity index (χ0) is 20.9. The summed E-state index contributed by atoms with van der Waals surface area (Å²) in [7, 11) is -3.78. The SMILES string of the molecule is CCOc1ccc(NC(=O)C(CC)N(c2cc(Cl)cc(Cl)c2)S(C)(=O)=O)cc1. The van der Waals surface area contributed by atoms with Crippen molar-refractivity contribution >= 4 is 50.5 Å². The van der Waals surface area contributed by atoms with Crippen molar-refractivity contribution in [2.75, 3.05) is 22.5 Å². The largest absolute Gasteiger partial charge is 0.494 e. The second-order valence-electron chi connectivity index (χ2n) is 6.06. The predicted molar refractivity (Wildman–Crippen MR) is 114 cm³/mol. The van der Waals surface area contributed by atoms with E-state index >= 15 is 0 Å². The lowest BCUT2D eigenvalue weighted by molar-refractivity contribution is -0.117. The smallest absolute Gasteiger partial charge is 0.248 e. The van der Waals surface area contributed by atoms with Gasteiger partial charge in [-0.1, -0.05) is 30.1 Å². The fourth-order valence-electron chi connectivity index (χ4n) is 2.75. The first kappa shape index (κ1) is 22.3. The molecular formula is C19H22Cl2N2O4S. The average Bonchev–Trinajstić information content (AvgIpc) is 2.59. The van der Waals surface area contributed by atoms with E-state index < -0.39 is 22.0 Å². The first-order valence-electron chi connectivity index (χ1n) is 8.65. The maximum atomic E-state index is 12.9. The molecule has 152 valence electrons. The molecule has 1 amide bonds. The van der Waals surface area contributed by atoms with Crippen LogP contribution in [0.5, 0.6) is 5.75 Å². The Morgan fingerprint density at radius 1 is 1.11 bits per heavy atom. The quantitative estimate of drug-likeness (QED) is 0.646. The number of hydrogen-bond donors (Lipinski definition) is 1. The molecule has 0 bridgehead atoms. The van der Waals surface area contributed by atoms with Gasteiger partial charge in [-0.25, -0.2) is 8.42 Å². The lowest BCUT2D eigenvalue weighted by Gasteiger charge is -2.30. The van der Waals surface area contributed by atoms with Crippen LogP contribution in [0.3, 0.4) is 0 Å². The van der Waals surface area contributed by atoms with Crippen LogP contribution in [-0.2, 0) is 14.8 Å². The number of ether oxygens (including phenoxy) is 1. The van der Waals surface area contributed by atoms with Crippen LogP contribution in [0.15, 0.2) is 42.5 Å². The Kier molecular flexibility index (Phi) is 7.57. The second kappa shape index (κ2) is 9.49. The van der Waals surface area contributed by atoms with Gasteiger partial charge in [-0.05, 0) is 55.8 Å². The first-order chi connectivity index (χ1) is 13.2. The molecule has 0 fully saturated rings. The zero-order valence-electron chi connectivity index (χ0n) is 15.8. The molecule has 0 aromatic heterocycles. The summed E-state index contributed by atoms with van der Waals surface area (Å²) in [4.78, 5) is 12.9. The molecule has 9 heteroatoms. The number of nitrogens with zero attached hydrogens (tertiary/aromatic N) is 1. The molecule has 2 rings (SSSR count). The Balaban J connectivity index is 2.33. The Labute approximate surface area is 175 Å². The van der Waals surface area contributed by atoms with Crippen molar-refractivity contribution in [3.8, 4) is 5.75 Å². The number of halogens is 2. The summed E-state index contributed by atoms with van der Waals surface area (Å²) in [5.74, 6) is 0.215. The number of rotatable bonds is 8. The molecule has 0 heterocycles.